The molecular weight excluding hydrogens is 305 g/mol. The molecule has 1 unspecified atom stereocenters. The second kappa shape index (κ2) is 5.77. The van der Waals surface area contributed by atoms with Gasteiger partial charge in [0, 0.05) is 15.4 Å². The highest BCUT2D eigenvalue weighted by Gasteiger charge is 2.16. The number of nitrogens with one attached hydrogen (secondary N) is 1. The summed E-state index contributed by atoms with van der Waals surface area (Å²) in [5, 5.41) is 5.85. The molecule has 0 fully saturated rings. The molecule has 1 atom stereocenters. The Kier molecular flexibility index (Phi) is 4.29. The summed E-state index contributed by atoms with van der Waals surface area (Å²) in [7, 11) is 0. The Morgan fingerprint density at radius 1 is 1.47 bits per heavy atom. The third kappa shape index (κ3) is 3.37. The number of halogens is 2. The summed E-state index contributed by atoms with van der Waals surface area (Å²) in [6.07, 6.45) is 0. The van der Waals surface area contributed by atoms with E-state index in [1.807, 2.05) is 6.92 Å². The number of rotatable bonds is 3. The lowest BCUT2D eigenvalue weighted by Gasteiger charge is -2.15. The fourth-order valence-corrected chi connectivity index (χ4v) is 2.71. The lowest BCUT2D eigenvalue weighted by atomic mass is 10.1. The average molecular weight is 316 g/mol. The summed E-state index contributed by atoms with van der Waals surface area (Å²) in [4.78, 5) is 15.9. The van der Waals surface area contributed by atoms with Gasteiger partial charge in [-0.3, -0.25) is 4.79 Å². The number of nitrogen functional groups attached to an aromatic ring is 1. The number of nitrogens with two attached hydrogens (primary N) is 1. The molecule has 2 rings (SSSR count). The van der Waals surface area contributed by atoms with Crippen molar-refractivity contribution < 1.29 is 4.79 Å². The number of anilines is 1. The van der Waals surface area contributed by atoms with Crippen LogP contribution in [-0.2, 0) is 0 Å². The number of benzene rings is 1. The number of thiazole rings is 1. The van der Waals surface area contributed by atoms with Gasteiger partial charge in [0.1, 0.15) is 5.69 Å². The first kappa shape index (κ1) is 14.1. The van der Waals surface area contributed by atoms with E-state index >= 15 is 0 Å². The number of aromatic nitrogens is 1. The van der Waals surface area contributed by atoms with Gasteiger partial charge in [-0.05, 0) is 24.6 Å². The predicted molar refractivity (Wildman–Crippen MR) is 78.9 cm³/mol. The molecule has 100 valence electrons. The topological polar surface area (TPSA) is 68.0 Å². The SMILES string of the molecule is CC(NC(=O)c1csc(N)n1)c1ccc(Cl)cc1Cl. The minimum Gasteiger partial charge on any atom is -0.375 e. The Balaban J connectivity index is 2.12. The molecule has 1 heterocycles. The van der Waals surface area contributed by atoms with Gasteiger partial charge >= 0.3 is 0 Å². The fourth-order valence-electron chi connectivity index (χ4n) is 1.59. The Morgan fingerprint density at radius 2 is 2.21 bits per heavy atom. The third-order valence-electron chi connectivity index (χ3n) is 2.53. The second-order valence-corrected chi connectivity index (χ2v) is 5.67. The van der Waals surface area contributed by atoms with E-state index in [-0.39, 0.29) is 11.9 Å². The zero-order chi connectivity index (χ0) is 14.0. The van der Waals surface area contributed by atoms with Crippen LogP contribution in [0.15, 0.2) is 23.6 Å². The van der Waals surface area contributed by atoms with Gasteiger partial charge in [0.25, 0.3) is 5.91 Å². The van der Waals surface area contributed by atoms with Gasteiger partial charge in [-0.2, -0.15) is 0 Å². The van der Waals surface area contributed by atoms with Gasteiger partial charge in [0.2, 0.25) is 0 Å². The number of nitrogens with zero attached hydrogens (tertiary/aromatic N) is 1. The molecule has 0 aliphatic rings. The van der Waals surface area contributed by atoms with Gasteiger partial charge in [-0.25, -0.2) is 4.98 Å². The third-order valence-corrected chi connectivity index (χ3v) is 3.77. The molecule has 4 nitrogen and oxygen atoms in total. The van der Waals surface area contributed by atoms with E-state index in [2.05, 4.69) is 10.3 Å². The van der Waals surface area contributed by atoms with Crippen molar-refractivity contribution >= 4 is 45.6 Å². The molecule has 0 bridgehead atoms. The van der Waals surface area contributed by atoms with Crippen molar-refractivity contribution in [3.05, 3.63) is 44.9 Å². The summed E-state index contributed by atoms with van der Waals surface area (Å²) < 4.78 is 0. The molecule has 1 aromatic carbocycles. The molecule has 0 radical (unpaired) electrons. The maximum Gasteiger partial charge on any atom is 0.271 e. The first-order valence-corrected chi connectivity index (χ1v) is 7.07. The average Bonchev–Trinajstić information content (AvgIpc) is 2.75. The molecule has 1 aromatic heterocycles. The maximum atomic E-state index is 11.9. The van der Waals surface area contributed by atoms with Crippen molar-refractivity contribution in [3.8, 4) is 0 Å². The molecule has 0 aliphatic heterocycles. The van der Waals surface area contributed by atoms with Crippen LogP contribution in [0.25, 0.3) is 0 Å². The Hall–Kier alpha value is -1.30. The van der Waals surface area contributed by atoms with Gasteiger partial charge in [-0.1, -0.05) is 29.3 Å². The van der Waals surface area contributed by atoms with E-state index in [4.69, 9.17) is 28.9 Å². The summed E-state index contributed by atoms with van der Waals surface area (Å²) in [6, 6.07) is 4.90. The van der Waals surface area contributed by atoms with Gasteiger partial charge in [0.15, 0.2) is 5.13 Å². The Labute approximate surface area is 124 Å². The molecule has 2 aromatic rings. The summed E-state index contributed by atoms with van der Waals surface area (Å²) in [6.45, 7) is 1.84. The quantitative estimate of drug-likeness (QED) is 0.910. The first-order valence-electron chi connectivity index (χ1n) is 5.44. The first-order chi connectivity index (χ1) is 8.97. The molecule has 0 aliphatic carbocycles. The molecule has 0 spiro atoms. The van der Waals surface area contributed by atoms with Crippen LogP contribution in [0.4, 0.5) is 5.13 Å². The zero-order valence-electron chi connectivity index (χ0n) is 9.98. The molecule has 0 saturated heterocycles. The lowest BCUT2D eigenvalue weighted by Crippen LogP contribution is -2.27. The Bertz CT molecular complexity index is 615. The van der Waals surface area contributed by atoms with Crippen molar-refractivity contribution in [3.63, 3.8) is 0 Å². The molecule has 19 heavy (non-hydrogen) atoms. The van der Waals surface area contributed by atoms with Crippen LogP contribution < -0.4 is 11.1 Å². The summed E-state index contributed by atoms with van der Waals surface area (Å²) in [5.74, 6) is -0.286. The van der Waals surface area contributed by atoms with Crippen LogP contribution in [0.5, 0.6) is 0 Å². The zero-order valence-corrected chi connectivity index (χ0v) is 12.3. The molecule has 0 saturated carbocycles. The number of carbonyl (C=O) groups is 1. The van der Waals surface area contributed by atoms with E-state index in [9.17, 15) is 4.79 Å². The van der Waals surface area contributed by atoms with Crippen LogP contribution >= 0.6 is 34.5 Å². The number of hydrogen-bond acceptors (Lipinski definition) is 4. The van der Waals surface area contributed by atoms with Crippen molar-refractivity contribution in [1.29, 1.82) is 0 Å². The van der Waals surface area contributed by atoms with E-state index in [1.54, 1.807) is 23.6 Å². The predicted octanol–water partition coefficient (Wildman–Crippen LogP) is 3.52. The van der Waals surface area contributed by atoms with E-state index in [0.29, 0.717) is 20.9 Å². The number of amides is 1. The highest BCUT2D eigenvalue weighted by molar-refractivity contribution is 7.13. The molecule has 1 amide bonds. The van der Waals surface area contributed by atoms with Gasteiger partial charge in [0.05, 0.1) is 6.04 Å². The highest BCUT2D eigenvalue weighted by atomic mass is 35.5. The minimum absolute atomic E-state index is 0.250. The van der Waals surface area contributed by atoms with Crippen LogP contribution in [0.2, 0.25) is 10.0 Å². The summed E-state index contributed by atoms with van der Waals surface area (Å²) in [5.41, 5.74) is 6.59. The standard InChI is InChI=1S/C12H11Cl2N3OS/c1-6(8-3-2-7(13)4-9(8)14)16-11(18)10-5-19-12(15)17-10/h2-6H,1H3,(H2,15,17)(H,16,18). The van der Waals surface area contributed by atoms with Crippen molar-refractivity contribution in [2.45, 2.75) is 13.0 Å². The normalized spacial score (nSPS) is 12.2. The van der Waals surface area contributed by atoms with E-state index in [1.165, 1.54) is 11.3 Å². The van der Waals surface area contributed by atoms with Crippen molar-refractivity contribution in [2.75, 3.05) is 5.73 Å². The fraction of sp³-hybridized carbons (Fsp3) is 0.167. The van der Waals surface area contributed by atoms with E-state index in [0.717, 1.165) is 5.56 Å². The molecule has 3 N–H and O–H groups in total. The smallest absolute Gasteiger partial charge is 0.271 e. The van der Waals surface area contributed by atoms with Crippen LogP contribution in [0, 0.1) is 0 Å². The molecule has 7 heteroatoms. The monoisotopic (exact) mass is 315 g/mol. The van der Waals surface area contributed by atoms with Crippen molar-refractivity contribution in [1.82, 2.24) is 10.3 Å². The number of hydrogen-bond donors (Lipinski definition) is 2. The minimum atomic E-state index is -0.286. The van der Waals surface area contributed by atoms with Gasteiger partial charge < -0.3 is 11.1 Å². The van der Waals surface area contributed by atoms with Crippen molar-refractivity contribution in [2.24, 2.45) is 0 Å². The number of carbonyl (C=O) groups excluding carboxylic acids is 1. The molecular formula is C12H11Cl2N3OS. The van der Waals surface area contributed by atoms with Crippen LogP contribution in [0.3, 0.4) is 0 Å². The summed E-state index contributed by atoms with van der Waals surface area (Å²) >= 11 is 13.1. The Morgan fingerprint density at radius 3 is 2.79 bits per heavy atom. The second-order valence-electron chi connectivity index (χ2n) is 3.93. The maximum absolute atomic E-state index is 11.9. The van der Waals surface area contributed by atoms with E-state index < -0.39 is 0 Å². The van der Waals surface area contributed by atoms with Crippen LogP contribution in [0.1, 0.15) is 29.0 Å². The van der Waals surface area contributed by atoms with Gasteiger partial charge in [-0.15, -0.1) is 11.3 Å². The highest BCUT2D eigenvalue weighted by Crippen LogP contribution is 2.26. The largest absolute Gasteiger partial charge is 0.375 e. The lowest BCUT2D eigenvalue weighted by molar-refractivity contribution is 0.0935. The van der Waals surface area contributed by atoms with Crippen LogP contribution in [-0.4, -0.2) is 10.9 Å².